The fourth-order valence-electron chi connectivity index (χ4n) is 3.60. The number of benzene rings is 2. The summed E-state index contributed by atoms with van der Waals surface area (Å²) in [6.07, 6.45) is 5.45. The van der Waals surface area contributed by atoms with Crippen molar-refractivity contribution in [2.45, 2.75) is 6.54 Å². The quantitative estimate of drug-likeness (QED) is 0.597. The SMILES string of the molecule is CN1C=C(CNC(=O)c2ccc3c(c2)c(=O)n(Cc2ccc(F)c(Cl)c2)c(=O)n3C)C=CN1. The van der Waals surface area contributed by atoms with Crippen molar-refractivity contribution in [2.75, 3.05) is 13.6 Å². The van der Waals surface area contributed by atoms with Gasteiger partial charge >= 0.3 is 5.69 Å². The van der Waals surface area contributed by atoms with Crippen LogP contribution in [-0.4, -0.2) is 33.6 Å². The number of carbonyl (C=O) groups is 1. The first-order valence-electron chi connectivity index (χ1n) is 10.1. The van der Waals surface area contributed by atoms with Crippen LogP contribution in [0.3, 0.4) is 0 Å². The molecule has 0 fully saturated rings. The first-order valence-corrected chi connectivity index (χ1v) is 10.4. The number of hydrogen-bond acceptors (Lipinski definition) is 5. The zero-order valence-electron chi connectivity index (χ0n) is 17.9. The Morgan fingerprint density at radius 2 is 1.94 bits per heavy atom. The average Bonchev–Trinajstić information content (AvgIpc) is 2.80. The second-order valence-electron chi connectivity index (χ2n) is 7.67. The Labute approximate surface area is 193 Å². The smallest absolute Gasteiger partial charge is 0.331 e. The maximum absolute atomic E-state index is 13.5. The molecular weight excluding hydrogens is 449 g/mol. The van der Waals surface area contributed by atoms with Crippen LogP contribution in [-0.2, 0) is 13.6 Å². The number of amides is 1. The second-order valence-corrected chi connectivity index (χ2v) is 8.08. The number of nitrogens with one attached hydrogen (secondary N) is 2. The summed E-state index contributed by atoms with van der Waals surface area (Å²) in [7, 11) is 3.38. The van der Waals surface area contributed by atoms with E-state index < -0.39 is 17.1 Å². The fourth-order valence-corrected chi connectivity index (χ4v) is 3.80. The number of carbonyl (C=O) groups excluding carboxylic acids is 1. The van der Waals surface area contributed by atoms with E-state index >= 15 is 0 Å². The van der Waals surface area contributed by atoms with Crippen molar-refractivity contribution in [2.24, 2.45) is 7.05 Å². The molecule has 33 heavy (non-hydrogen) atoms. The Hall–Kier alpha value is -3.85. The van der Waals surface area contributed by atoms with E-state index in [0.29, 0.717) is 23.2 Å². The van der Waals surface area contributed by atoms with Gasteiger partial charge in [-0.15, -0.1) is 0 Å². The van der Waals surface area contributed by atoms with Gasteiger partial charge in [-0.3, -0.25) is 23.7 Å². The van der Waals surface area contributed by atoms with Crippen molar-refractivity contribution in [3.8, 4) is 0 Å². The van der Waals surface area contributed by atoms with Gasteiger partial charge in [-0.25, -0.2) is 9.18 Å². The summed E-state index contributed by atoms with van der Waals surface area (Å²) in [5, 5.41) is 4.71. The van der Waals surface area contributed by atoms with E-state index in [1.807, 2.05) is 19.3 Å². The van der Waals surface area contributed by atoms with Crippen molar-refractivity contribution in [1.29, 1.82) is 0 Å². The molecule has 0 spiro atoms. The lowest BCUT2D eigenvalue weighted by Crippen LogP contribution is -2.39. The van der Waals surface area contributed by atoms with Gasteiger partial charge in [0.1, 0.15) is 5.82 Å². The van der Waals surface area contributed by atoms with Gasteiger partial charge in [0.15, 0.2) is 0 Å². The minimum absolute atomic E-state index is 0.0834. The zero-order valence-corrected chi connectivity index (χ0v) is 18.7. The molecule has 0 saturated heterocycles. The molecule has 1 amide bonds. The van der Waals surface area contributed by atoms with Crippen molar-refractivity contribution in [3.63, 3.8) is 0 Å². The average molecular weight is 470 g/mol. The van der Waals surface area contributed by atoms with E-state index in [-0.39, 0.29) is 22.9 Å². The van der Waals surface area contributed by atoms with Crippen LogP contribution >= 0.6 is 11.6 Å². The third kappa shape index (κ3) is 4.54. The molecule has 3 aromatic rings. The molecule has 0 atom stereocenters. The molecule has 10 heteroatoms. The molecule has 2 heterocycles. The number of halogens is 2. The maximum Gasteiger partial charge on any atom is 0.331 e. The van der Waals surface area contributed by atoms with Gasteiger partial charge in [0, 0.05) is 38.6 Å². The molecule has 4 rings (SSSR count). The van der Waals surface area contributed by atoms with E-state index in [2.05, 4.69) is 10.7 Å². The molecule has 2 aromatic carbocycles. The van der Waals surface area contributed by atoms with E-state index in [1.54, 1.807) is 30.4 Å². The molecule has 0 aliphatic carbocycles. The van der Waals surface area contributed by atoms with Crippen molar-refractivity contribution in [3.05, 3.63) is 103 Å². The molecule has 0 saturated carbocycles. The highest BCUT2D eigenvalue weighted by molar-refractivity contribution is 6.30. The Bertz CT molecular complexity index is 1440. The molecule has 1 aliphatic heterocycles. The van der Waals surface area contributed by atoms with Crippen molar-refractivity contribution >= 4 is 28.4 Å². The summed E-state index contributed by atoms with van der Waals surface area (Å²) in [5.74, 6) is -0.935. The maximum atomic E-state index is 13.5. The number of rotatable bonds is 5. The summed E-state index contributed by atoms with van der Waals surface area (Å²) < 4.78 is 15.8. The normalized spacial score (nSPS) is 13.1. The highest BCUT2D eigenvalue weighted by Crippen LogP contribution is 2.17. The third-order valence-corrected chi connectivity index (χ3v) is 5.62. The van der Waals surface area contributed by atoms with Gasteiger partial charge in [-0.1, -0.05) is 17.7 Å². The van der Waals surface area contributed by atoms with E-state index in [0.717, 1.165) is 10.1 Å². The van der Waals surface area contributed by atoms with Crippen LogP contribution in [0.25, 0.3) is 10.9 Å². The number of aryl methyl sites for hydroxylation is 1. The molecule has 170 valence electrons. The number of fused-ring (bicyclic) bond motifs is 1. The van der Waals surface area contributed by atoms with Crippen LogP contribution < -0.4 is 22.0 Å². The predicted molar refractivity (Wildman–Crippen MR) is 124 cm³/mol. The predicted octanol–water partition coefficient (Wildman–Crippen LogP) is 2.12. The summed E-state index contributed by atoms with van der Waals surface area (Å²) in [4.78, 5) is 38.7. The first-order chi connectivity index (χ1) is 15.7. The van der Waals surface area contributed by atoms with Gasteiger partial charge in [0.05, 0.1) is 22.5 Å². The molecular formula is C23H21ClFN5O3. The lowest BCUT2D eigenvalue weighted by Gasteiger charge is -2.19. The lowest BCUT2D eigenvalue weighted by atomic mass is 10.1. The van der Waals surface area contributed by atoms with Gasteiger partial charge in [0.2, 0.25) is 0 Å². The van der Waals surface area contributed by atoms with Gasteiger partial charge < -0.3 is 10.7 Å². The zero-order chi connectivity index (χ0) is 23.7. The van der Waals surface area contributed by atoms with Crippen LogP contribution in [0, 0.1) is 5.82 Å². The standard InChI is InChI=1S/C23H21ClFN5O3/c1-28-12-15(7-8-27-28)11-26-21(31)16-4-6-20-17(10-16)22(32)30(23(33)29(20)2)13-14-3-5-19(25)18(24)9-14/h3-10,12,27H,11,13H2,1-2H3,(H,26,31). The number of aromatic nitrogens is 2. The van der Waals surface area contributed by atoms with Crippen LogP contribution in [0.2, 0.25) is 5.02 Å². The number of nitrogens with zero attached hydrogens (tertiary/aromatic N) is 3. The third-order valence-electron chi connectivity index (χ3n) is 5.33. The van der Waals surface area contributed by atoms with Crippen LogP contribution in [0.15, 0.2) is 70.0 Å². The molecule has 1 aromatic heterocycles. The fraction of sp³-hybridized carbons (Fsp3) is 0.174. The van der Waals surface area contributed by atoms with Crippen molar-refractivity contribution < 1.29 is 9.18 Å². The first kappa shape index (κ1) is 22.3. The van der Waals surface area contributed by atoms with Crippen molar-refractivity contribution in [1.82, 2.24) is 24.9 Å². The lowest BCUT2D eigenvalue weighted by molar-refractivity contribution is 0.0957. The monoisotopic (exact) mass is 469 g/mol. The molecule has 2 N–H and O–H groups in total. The molecule has 8 nitrogen and oxygen atoms in total. The summed E-state index contributed by atoms with van der Waals surface area (Å²) >= 11 is 5.83. The highest BCUT2D eigenvalue weighted by atomic mass is 35.5. The Morgan fingerprint density at radius 3 is 2.67 bits per heavy atom. The van der Waals surface area contributed by atoms with Gasteiger partial charge in [0.25, 0.3) is 11.5 Å². The topological polar surface area (TPSA) is 88.4 Å². The molecule has 0 bridgehead atoms. The van der Waals surface area contributed by atoms with E-state index in [9.17, 15) is 18.8 Å². The van der Waals surface area contributed by atoms with Crippen LogP contribution in [0.5, 0.6) is 0 Å². The molecule has 0 radical (unpaired) electrons. The largest absolute Gasteiger partial charge is 0.348 e. The summed E-state index contributed by atoms with van der Waals surface area (Å²) in [6, 6.07) is 8.63. The second kappa shape index (κ2) is 8.95. The Morgan fingerprint density at radius 1 is 1.15 bits per heavy atom. The summed E-state index contributed by atoms with van der Waals surface area (Å²) in [6.45, 7) is 0.224. The minimum Gasteiger partial charge on any atom is -0.348 e. The molecule has 0 unspecified atom stereocenters. The van der Waals surface area contributed by atoms with Gasteiger partial charge in [-0.2, -0.15) is 0 Å². The van der Waals surface area contributed by atoms with E-state index in [4.69, 9.17) is 11.6 Å². The van der Waals surface area contributed by atoms with Crippen LogP contribution in [0.4, 0.5) is 4.39 Å². The van der Waals surface area contributed by atoms with Gasteiger partial charge in [-0.05, 0) is 47.5 Å². The Balaban J connectivity index is 1.67. The highest BCUT2D eigenvalue weighted by Gasteiger charge is 2.15. The number of hydrogen-bond donors (Lipinski definition) is 2. The molecule has 1 aliphatic rings. The summed E-state index contributed by atoms with van der Waals surface area (Å²) in [5.41, 5.74) is 3.99. The number of hydrazine groups is 1. The minimum atomic E-state index is -0.586. The van der Waals surface area contributed by atoms with E-state index in [1.165, 1.54) is 28.8 Å². The van der Waals surface area contributed by atoms with Crippen LogP contribution in [0.1, 0.15) is 15.9 Å². The Kier molecular flexibility index (Phi) is 6.06.